The molecule has 1 aliphatic carbocycles. The van der Waals surface area contributed by atoms with Crippen molar-refractivity contribution in [2.45, 2.75) is 19.8 Å². The molecule has 1 N–H and O–H groups in total. The Balaban J connectivity index is 1.95. The standard InChI is InChI=1S/C12H14BrNO/c1-8-6-10(13)4-5-11(8)14-7-12(15)9-2-3-9/h4-6,9,14H,2-3,7H2,1H3. The van der Waals surface area contributed by atoms with Crippen molar-refractivity contribution in [3.63, 3.8) is 0 Å². The summed E-state index contributed by atoms with van der Waals surface area (Å²) in [5, 5.41) is 3.19. The third kappa shape index (κ3) is 2.81. The van der Waals surface area contributed by atoms with Crippen LogP contribution in [0, 0.1) is 12.8 Å². The molecule has 1 aromatic rings. The van der Waals surface area contributed by atoms with Gasteiger partial charge in [-0.15, -0.1) is 0 Å². The lowest BCUT2D eigenvalue weighted by Crippen LogP contribution is -2.15. The monoisotopic (exact) mass is 267 g/mol. The highest BCUT2D eigenvalue weighted by atomic mass is 79.9. The first kappa shape index (κ1) is 10.7. The molecule has 1 aliphatic rings. The van der Waals surface area contributed by atoms with E-state index in [1.54, 1.807) is 0 Å². The van der Waals surface area contributed by atoms with Crippen molar-refractivity contribution < 1.29 is 4.79 Å². The maximum Gasteiger partial charge on any atom is 0.154 e. The number of benzene rings is 1. The van der Waals surface area contributed by atoms with Gasteiger partial charge in [-0.25, -0.2) is 0 Å². The molecule has 15 heavy (non-hydrogen) atoms. The van der Waals surface area contributed by atoms with E-state index < -0.39 is 0 Å². The predicted octanol–water partition coefficient (Wildman–Crippen LogP) is 3.15. The molecule has 0 unspecified atom stereocenters. The maximum absolute atomic E-state index is 11.5. The first-order valence-corrected chi connectivity index (χ1v) is 5.99. The second-order valence-electron chi connectivity index (χ2n) is 4.05. The number of anilines is 1. The van der Waals surface area contributed by atoms with Crippen molar-refractivity contribution in [3.05, 3.63) is 28.2 Å². The molecule has 80 valence electrons. The molecule has 2 rings (SSSR count). The summed E-state index contributed by atoms with van der Waals surface area (Å²) >= 11 is 3.41. The number of carbonyl (C=O) groups is 1. The van der Waals surface area contributed by atoms with Gasteiger partial charge in [-0.2, -0.15) is 0 Å². The van der Waals surface area contributed by atoms with E-state index in [9.17, 15) is 4.79 Å². The quantitative estimate of drug-likeness (QED) is 0.908. The maximum atomic E-state index is 11.5. The van der Waals surface area contributed by atoms with E-state index in [0.717, 1.165) is 28.6 Å². The zero-order valence-corrected chi connectivity index (χ0v) is 10.3. The van der Waals surface area contributed by atoms with Crippen LogP contribution in [0.1, 0.15) is 18.4 Å². The Morgan fingerprint density at radius 1 is 1.53 bits per heavy atom. The molecule has 0 spiro atoms. The van der Waals surface area contributed by atoms with Gasteiger partial charge in [0.15, 0.2) is 5.78 Å². The van der Waals surface area contributed by atoms with E-state index in [-0.39, 0.29) is 0 Å². The Bertz CT molecular complexity index is 385. The Labute approximate surface area is 98.2 Å². The Hall–Kier alpha value is -0.830. The average molecular weight is 268 g/mol. The summed E-state index contributed by atoms with van der Waals surface area (Å²) in [5.41, 5.74) is 2.21. The van der Waals surface area contributed by atoms with Crippen molar-refractivity contribution >= 4 is 27.4 Å². The van der Waals surface area contributed by atoms with Crippen molar-refractivity contribution in [3.8, 4) is 0 Å². The summed E-state index contributed by atoms with van der Waals surface area (Å²) < 4.78 is 1.07. The Morgan fingerprint density at radius 2 is 2.27 bits per heavy atom. The van der Waals surface area contributed by atoms with Crippen LogP contribution in [0.3, 0.4) is 0 Å². The van der Waals surface area contributed by atoms with Crippen molar-refractivity contribution in [2.24, 2.45) is 5.92 Å². The molecule has 0 radical (unpaired) electrons. The highest BCUT2D eigenvalue weighted by Gasteiger charge is 2.28. The summed E-state index contributed by atoms with van der Waals surface area (Å²) in [4.78, 5) is 11.5. The van der Waals surface area contributed by atoms with E-state index in [0.29, 0.717) is 18.2 Å². The lowest BCUT2D eigenvalue weighted by atomic mass is 10.2. The van der Waals surface area contributed by atoms with Gasteiger partial charge in [0.1, 0.15) is 0 Å². The van der Waals surface area contributed by atoms with Crippen molar-refractivity contribution in [2.75, 3.05) is 11.9 Å². The first-order chi connectivity index (χ1) is 7.16. The largest absolute Gasteiger partial charge is 0.378 e. The van der Waals surface area contributed by atoms with Gasteiger partial charge < -0.3 is 5.32 Å². The van der Waals surface area contributed by atoms with Gasteiger partial charge in [0.25, 0.3) is 0 Å². The van der Waals surface area contributed by atoms with Crippen LogP contribution in [0.5, 0.6) is 0 Å². The number of hydrogen-bond acceptors (Lipinski definition) is 2. The Morgan fingerprint density at radius 3 is 2.87 bits per heavy atom. The lowest BCUT2D eigenvalue weighted by molar-refractivity contribution is -0.118. The van der Waals surface area contributed by atoms with Crippen LogP contribution in [0.4, 0.5) is 5.69 Å². The molecule has 3 heteroatoms. The molecule has 0 heterocycles. The predicted molar refractivity (Wildman–Crippen MR) is 65.1 cm³/mol. The number of rotatable bonds is 4. The van der Waals surface area contributed by atoms with Gasteiger partial charge in [0.05, 0.1) is 6.54 Å². The van der Waals surface area contributed by atoms with E-state index in [2.05, 4.69) is 21.2 Å². The van der Waals surface area contributed by atoms with Gasteiger partial charge >= 0.3 is 0 Å². The molecular formula is C12H14BrNO. The lowest BCUT2D eigenvalue weighted by Gasteiger charge is -2.08. The van der Waals surface area contributed by atoms with Crippen molar-refractivity contribution in [1.29, 1.82) is 0 Å². The first-order valence-electron chi connectivity index (χ1n) is 5.19. The van der Waals surface area contributed by atoms with E-state index in [1.165, 1.54) is 0 Å². The number of nitrogens with one attached hydrogen (secondary N) is 1. The molecule has 0 bridgehead atoms. The number of carbonyl (C=O) groups excluding carboxylic acids is 1. The number of aryl methyl sites for hydroxylation is 1. The second-order valence-corrected chi connectivity index (χ2v) is 4.97. The molecular weight excluding hydrogens is 254 g/mol. The third-order valence-electron chi connectivity index (χ3n) is 2.67. The highest BCUT2D eigenvalue weighted by molar-refractivity contribution is 9.10. The summed E-state index contributed by atoms with van der Waals surface area (Å²) in [6.07, 6.45) is 2.17. The van der Waals surface area contributed by atoms with Crippen LogP contribution in [-0.2, 0) is 4.79 Å². The number of Topliss-reactive ketones (excluding diaryl/α,β-unsaturated/α-hetero) is 1. The fourth-order valence-corrected chi connectivity index (χ4v) is 2.03. The van der Waals surface area contributed by atoms with Crippen LogP contribution in [0.25, 0.3) is 0 Å². The highest BCUT2D eigenvalue weighted by Crippen LogP contribution is 2.30. The number of hydrogen-bond donors (Lipinski definition) is 1. The van der Waals surface area contributed by atoms with Crippen LogP contribution in [0.2, 0.25) is 0 Å². The summed E-state index contributed by atoms with van der Waals surface area (Å²) in [7, 11) is 0. The molecule has 1 aromatic carbocycles. The molecule has 0 aromatic heterocycles. The normalized spacial score (nSPS) is 15.1. The third-order valence-corrected chi connectivity index (χ3v) is 3.17. The summed E-state index contributed by atoms with van der Waals surface area (Å²) in [5.74, 6) is 0.686. The zero-order chi connectivity index (χ0) is 10.8. The van der Waals surface area contributed by atoms with Gasteiger partial charge in [0.2, 0.25) is 0 Å². The minimum Gasteiger partial charge on any atom is -0.378 e. The molecule has 1 saturated carbocycles. The van der Waals surface area contributed by atoms with Crippen LogP contribution < -0.4 is 5.32 Å². The SMILES string of the molecule is Cc1cc(Br)ccc1NCC(=O)C1CC1. The van der Waals surface area contributed by atoms with E-state index in [1.807, 2.05) is 25.1 Å². The molecule has 0 aliphatic heterocycles. The van der Waals surface area contributed by atoms with E-state index >= 15 is 0 Å². The molecule has 0 atom stereocenters. The van der Waals surface area contributed by atoms with E-state index in [4.69, 9.17) is 0 Å². The fourth-order valence-electron chi connectivity index (χ4n) is 1.56. The van der Waals surface area contributed by atoms with Crippen molar-refractivity contribution in [1.82, 2.24) is 0 Å². The van der Waals surface area contributed by atoms with Crippen LogP contribution >= 0.6 is 15.9 Å². The number of halogens is 1. The van der Waals surface area contributed by atoms with Gasteiger partial charge in [-0.1, -0.05) is 15.9 Å². The fraction of sp³-hybridized carbons (Fsp3) is 0.417. The van der Waals surface area contributed by atoms with Gasteiger partial charge in [0, 0.05) is 16.1 Å². The zero-order valence-electron chi connectivity index (χ0n) is 8.72. The van der Waals surface area contributed by atoms with Gasteiger partial charge in [-0.3, -0.25) is 4.79 Å². The summed E-state index contributed by atoms with van der Waals surface area (Å²) in [6, 6.07) is 6.03. The molecule has 2 nitrogen and oxygen atoms in total. The second kappa shape index (κ2) is 4.35. The van der Waals surface area contributed by atoms with Gasteiger partial charge in [-0.05, 0) is 43.5 Å². The van der Waals surface area contributed by atoms with Crippen LogP contribution in [0.15, 0.2) is 22.7 Å². The Kier molecular flexibility index (Phi) is 3.10. The average Bonchev–Trinajstić information content (AvgIpc) is 2.99. The minimum atomic E-state index is 0.341. The smallest absolute Gasteiger partial charge is 0.154 e. The molecule has 0 saturated heterocycles. The molecule has 0 amide bonds. The topological polar surface area (TPSA) is 29.1 Å². The van der Waals surface area contributed by atoms with Crippen LogP contribution in [-0.4, -0.2) is 12.3 Å². The minimum absolute atomic E-state index is 0.341. The molecule has 1 fully saturated rings. The number of ketones is 1. The summed E-state index contributed by atoms with van der Waals surface area (Å²) in [6.45, 7) is 2.50.